The number of Topliss-reactive ketones (excluding diaryl/α,β-unsaturated/α-hetero) is 1. The summed E-state index contributed by atoms with van der Waals surface area (Å²) in [4.78, 5) is 26.0. The van der Waals surface area contributed by atoms with Crippen molar-refractivity contribution in [2.24, 2.45) is 0 Å². The third-order valence-electron chi connectivity index (χ3n) is 4.91. The maximum atomic E-state index is 14.1. The molecule has 0 aliphatic carbocycles. The average Bonchev–Trinajstić information content (AvgIpc) is 2.73. The van der Waals surface area contributed by atoms with E-state index in [1.54, 1.807) is 12.1 Å². The number of hydrogen-bond donors (Lipinski definition) is 1. The number of amides is 1. The molecule has 3 rings (SSSR count). The highest BCUT2D eigenvalue weighted by Gasteiger charge is 2.27. The van der Waals surface area contributed by atoms with Gasteiger partial charge in [0.15, 0.2) is 5.78 Å². The van der Waals surface area contributed by atoms with Crippen LogP contribution in [0.3, 0.4) is 0 Å². The summed E-state index contributed by atoms with van der Waals surface area (Å²) >= 11 is 0.998. The van der Waals surface area contributed by atoms with Crippen LogP contribution in [0.2, 0.25) is 0 Å². The zero-order chi connectivity index (χ0) is 22.6. The minimum absolute atomic E-state index is 0.0637. The maximum Gasteiger partial charge on any atom is 0.243 e. The molecule has 0 unspecified atom stereocenters. The van der Waals surface area contributed by atoms with Gasteiger partial charge < -0.3 is 10.2 Å². The van der Waals surface area contributed by atoms with E-state index in [1.807, 2.05) is 7.05 Å². The second-order valence-electron chi connectivity index (χ2n) is 7.27. The topological polar surface area (TPSA) is 86.8 Å². The van der Waals surface area contributed by atoms with E-state index in [2.05, 4.69) is 10.2 Å². The summed E-state index contributed by atoms with van der Waals surface area (Å²) in [5.74, 6) is -1.26. The number of thioether (sulfide) groups is 1. The molecule has 2 aromatic rings. The summed E-state index contributed by atoms with van der Waals surface area (Å²) in [5.41, 5.74) is 0.623. The number of carbonyl (C=O) groups excluding carboxylic acids is 2. The number of rotatable bonds is 7. The Labute approximate surface area is 185 Å². The van der Waals surface area contributed by atoms with Crippen LogP contribution in [-0.2, 0) is 14.8 Å². The Kier molecular flexibility index (Phi) is 7.47. The van der Waals surface area contributed by atoms with Gasteiger partial charge in [-0.15, -0.1) is 11.8 Å². The molecule has 7 nitrogen and oxygen atoms in total. The third kappa shape index (κ3) is 5.91. The molecule has 10 heteroatoms. The normalized spacial score (nSPS) is 15.6. The highest BCUT2D eigenvalue weighted by atomic mass is 32.2. The number of piperazine rings is 1. The number of hydrogen-bond acceptors (Lipinski definition) is 6. The molecule has 166 valence electrons. The average molecular weight is 466 g/mol. The molecule has 1 aliphatic rings. The summed E-state index contributed by atoms with van der Waals surface area (Å²) in [6.07, 6.45) is 0. The first-order valence-corrected chi connectivity index (χ1v) is 12.1. The van der Waals surface area contributed by atoms with Gasteiger partial charge >= 0.3 is 0 Å². The highest BCUT2D eigenvalue weighted by molar-refractivity contribution is 8.00. The number of ketones is 1. The summed E-state index contributed by atoms with van der Waals surface area (Å²) in [5, 5.41) is 2.66. The molecular weight excluding hydrogens is 441 g/mol. The minimum Gasteiger partial charge on any atom is -0.325 e. The largest absolute Gasteiger partial charge is 0.325 e. The molecule has 1 N–H and O–H groups in total. The van der Waals surface area contributed by atoms with E-state index in [0.717, 1.165) is 17.8 Å². The number of benzene rings is 2. The van der Waals surface area contributed by atoms with E-state index < -0.39 is 21.7 Å². The first-order chi connectivity index (χ1) is 14.7. The van der Waals surface area contributed by atoms with Crippen molar-refractivity contribution in [3.8, 4) is 0 Å². The van der Waals surface area contributed by atoms with Gasteiger partial charge in [0.05, 0.1) is 10.6 Å². The molecule has 0 aromatic heterocycles. The Morgan fingerprint density at radius 2 is 1.81 bits per heavy atom. The van der Waals surface area contributed by atoms with Crippen molar-refractivity contribution < 1.29 is 22.4 Å². The molecule has 0 atom stereocenters. The third-order valence-corrected chi connectivity index (χ3v) is 7.86. The van der Waals surface area contributed by atoms with Crippen molar-refractivity contribution in [1.82, 2.24) is 9.21 Å². The van der Waals surface area contributed by atoms with Gasteiger partial charge in [0.1, 0.15) is 5.82 Å². The van der Waals surface area contributed by atoms with Gasteiger partial charge in [0, 0.05) is 42.3 Å². The summed E-state index contributed by atoms with van der Waals surface area (Å²) in [6.45, 7) is 3.51. The molecule has 0 saturated carbocycles. The van der Waals surface area contributed by atoms with Gasteiger partial charge in [-0.1, -0.05) is 12.1 Å². The van der Waals surface area contributed by atoms with Crippen molar-refractivity contribution in [1.29, 1.82) is 0 Å². The van der Waals surface area contributed by atoms with Crippen molar-refractivity contribution in [2.45, 2.75) is 16.7 Å². The number of sulfonamides is 1. The highest BCUT2D eigenvalue weighted by Crippen LogP contribution is 2.24. The Morgan fingerprint density at radius 1 is 1.10 bits per heavy atom. The Bertz CT molecular complexity index is 1080. The SMILES string of the molecule is CC(=O)c1ccc(SCC(=O)Nc2cccc(S(=O)(=O)N3CCN(C)CC3)c2)c(F)c1. The fourth-order valence-corrected chi connectivity index (χ4v) is 5.28. The van der Waals surface area contributed by atoms with Gasteiger partial charge in [-0.25, -0.2) is 12.8 Å². The molecular formula is C21H24FN3O4S2. The van der Waals surface area contributed by atoms with Crippen LogP contribution in [0.1, 0.15) is 17.3 Å². The van der Waals surface area contributed by atoms with Gasteiger partial charge in [-0.3, -0.25) is 9.59 Å². The van der Waals surface area contributed by atoms with Crippen LogP contribution >= 0.6 is 11.8 Å². The number of anilines is 1. The smallest absolute Gasteiger partial charge is 0.243 e. The first-order valence-electron chi connectivity index (χ1n) is 9.69. The standard InChI is InChI=1S/C21H24FN3O4S2/c1-15(26)16-6-7-20(19(22)12-16)30-14-21(27)23-17-4-3-5-18(13-17)31(28,29)25-10-8-24(2)9-11-25/h3-7,12-13H,8-11,14H2,1-2H3,(H,23,27). The lowest BCUT2D eigenvalue weighted by atomic mass is 10.1. The molecule has 2 aromatic carbocycles. The molecule has 1 heterocycles. The van der Waals surface area contributed by atoms with Crippen LogP contribution in [0.15, 0.2) is 52.3 Å². The summed E-state index contributed by atoms with van der Waals surface area (Å²) in [7, 11) is -1.70. The van der Waals surface area contributed by atoms with Gasteiger partial charge in [0.2, 0.25) is 15.9 Å². The molecule has 0 radical (unpaired) electrons. The van der Waals surface area contributed by atoms with E-state index >= 15 is 0 Å². The van der Waals surface area contributed by atoms with Crippen molar-refractivity contribution >= 4 is 39.2 Å². The van der Waals surface area contributed by atoms with Crippen molar-refractivity contribution in [3.63, 3.8) is 0 Å². The Balaban J connectivity index is 1.63. The van der Waals surface area contributed by atoms with Crippen LogP contribution in [0.25, 0.3) is 0 Å². The van der Waals surface area contributed by atoms with Crippen LogP contribution in [0.4, 0.5) is 10.1 Å². The van der Waals surface area contributed by atoms with E-state index in [4.69, 9.17) is 0 Å². The van der Waals surface area contributed by atoms with E-state index in [9.17, 15) is 22.4 Å². The van der Waals surface area contributed by atoms with E-state index in [1.165, 1.54) is 35.5 Å². The number of likely N-dealkylation sites (N-methyl/N-ethyl adjacent to an activating group) is 1. The summed E-state index contributed by atoms with van der Waals surface area (Å²) < 4.78 is 41.3. The molecule has 0 spiro atoms. The van der Waals surface area contributed by atoms with E-state index in [-0.39, 0.29) is 26.9 Å². The summed E-state index contributed by atoms with van der Waals surface area (Å²) in [6, 6.07) is 10.2. The lowest BCUT2D eigenvalue weighted by Crippen LogP contribution is -2.47. The monoisotopic (exact) mass is 465 g/mol. The quantitative estimate of drug-likeness (QED) is 0.500. The van der Waals surface area contributed by atoms with Crippen LogP contribution < -0.4 is 5.32 Å². The Morgan fingerprint density at radius 3 is 2.45 bits per heavy atom. The van der Waals surface area contributed by atoms with E-state index in [0.29, 0.717) is 31.9 Å². The Hall–Kier alpha value is -2.27. The van der Waals surface area contributed by atoms with Crippen LogP contribution in [0.5, 0.6) is 0 Å². The maximum absolute atomic E-state index is 14.1. The zero-order valence-corrected chi connectivity index (χ0v) is 18.9. The van der Waals surface area contributed by atoms with Crippen LogP contribution in [-0.4, -0.2) is 68.3 Å². The lowest BCUT2D eigenvalue weighted by Gasteiger charge is -2.31. The van der Waals surface area contributed by atoms with Gasteiger partial charge in [-0.05, 0) is 44.3 Å². The second kappa shape index (κ2) is 9.90. The number of nitrogens with zero attached hydrogens (tertiary/aromatic N) is 2. The molecule has 1 fully saturated rings. The minimum atomic E-state index is -3.64. The number of carbonyl (C=O) groups is 2. The molecule has 31 heavy (non-hydrogen) atoms. The predicted molar refractivity (Wildman–Crippen MR) is 118 cm³/mol. The van der Waals surface area contributed by atoms with Gasteiger partial charge in [0.25, 0.3) is 0 Å². The fraction of sp³-hybridized carbons (Fsp3) is 0.333. The van der Waals surface area contributed by atoms with Crippen molar-refractivity contribution in [3.05, 3.63) is 53.8 Å². The molecule has 0 bridgehead atoms. The second-order valence-corrected chi connectivity index (χ2v) is 10.2. The number of halogens is 1. The fourth-order valence-electron chi connectivity index (χ4n) is 3.09. The zero-order valence-electron chi connectivity index (χ0n) is 17.3. The first kappa shape index (κ1) is 23.4. The lowest BCUT2D eigenvalue weighted by molar-refractivity contribution is -0.113. The predicted octanol–water partition coefficient (Wildman–Crippen LogP) is 2.70. The number of nitrogens with one attached hydrogen (secondary N) is 1. The molecule has 1 aliphatic heterocycles. The molecule has 1 amide bonds. The van der Waals surface area contributed by atoms with Crippen LogP contribution in [0, 0.1) is 5.82 Å². The van der Waals surface area contributed by atoms with Crippen molar-refractivity contribution in [2.75, 3.05) is 44.3 Å². The molecule has 1 saturated heterocycles. The van der Waals surface area contributed by atoms with Gasteiger partial charge in [-0.2, -0.15) is 4.31 Å².